The molecule has 1 spiro atoms. The average molecular weight is 323 g/mol. The summed E-state index contributed by atoms with van der Waals surface area (Å²) in [5, 5.41) is 12.2. The Labute approximate surface area is 136 Å². The quantitative estimate of drug-likeness (QED) is 0.927. The van der Waals surface area contributed by atoms with Crippen molar-refractivity contribution < 1.29 is 14.6 Å². The van der Waals surface area contributed by atoms with Gasteiger partial charge < -0.3 is 14.7 Å². The zero-order chi connectivity index (χ0) is 15.7. The number of aliphatic hydroxyl groups is 1. The highest BCUT2D eigenvalue weighted by atomic mass is 32.1. The van der Waals surface area contributed by atoms with E-state index < -0.39 is 0 Å². The minimum Gasteiger partial charge on any atom is -0.392 e. The van der Waals surface area contributed by atoms with Crippen molar-refractivity contribution in [1.82, 2.24) is 4.90 Å². The summed E-state index contributed by atoms with van der Waals surface area (Å²) in [5.74, 6) is 0.156. The molecule has 1 saturated carbocycles. The van der Waals surface area contributed by atoms with Gasteiger partial charge in [0.1, 0.15) is 0 Å². The number of hydrogen-bond acceptors (Lipinski definition) is 4. The minimum absolute atomic E-state index is 0.115. The van der Waals surface area contributed by atoms with Crippen molar-refractivity contribution in [1.29, 1.82) is 0 Å². The van der Waals surface area contributed by atoms with E-state index in [1.807, 2.05) is 23.3 Å². The van der Waals surface area contributed by atoms with Crippen LogP contribution in [0.4, 0.5) is 0 Å². The Bertz CT molecular complexity index is 532. The van der Waals surface area contributed by atoms with Gasteiger partial charge in [0.15, 0.2) is 0 Å². The largest absolute Gasteiger partial charge is 0.392 e. The normalized spacial score (nSPS) is 27.0. The highest BCUT2D eigenvalue weighted by molar-refractivity contribution is 7.12. The van der Waals surface area contributed by atoms with Gasteiger partial charge in [0, 0.05) is 31.5 Å². The number of nitrogens with zero attached hydrogens (tertiary/aromatic N) is 1. The van der Waals surface area contributed by atoms with Crippen LogP contribution in [0, 0.1) is 5.41 Å². The van der Waals surface area contributed by atoms with Crippen LogP contribution < -0.4 is 0 Å². The summed E-state index contributed by atoms with van der Waals surface area (Å²) >= 11 is 1.54. The zero-order valence-corrected chi connectivity index (χ0v) is 14.2. The van der Waals surface area contributed by atoms with E-state index in [9.17, 15) is 9.90 Å². The van der Waals surface area contributed by atoms with Crippen LogP contribution in [0.2, 0.25) is 0 Å². The summed E-state index contributed by atoms with van der Waals surface area (Å²) < 4.78 is 5.78. The summed E-state index contributed by atoms with van der Waals surface area (Å²) in [6.45, 7) is 6.22. The first-order valence-electron chi connectivity index (χ1n) is 8.27. The Balaban J connectivity index is 1.65. The molecule has 2 aliphatic rings. The smallest absolute Gasteiger partial charge is 0.264 e. The highest BCUT2D eigenvalue weighted by Crippen LogP contribution is 2.51. The third-order valence-corrected chi connectivity index (χ3v) is 6.36. The summed E-state index contributed by atoms with van der Waals surface area (Å²) in [5.41, 5.74) is 1.03. The summed E-state index contributed by atoms with van der Waals surface area (Å²) in [6.07, 6.45) is 3.22. The molecule has 1 aromatic heterocycles. The van der Waals surface area contributed by atoms with Crippen LogP contribution in [0.5, 0.6) is 0 Å². The van der Waals surface area contributed by atoms with Crippen molar-refractivity contribution in [2.45, 2.75) is 51.7 Å². The summed E-state index contributed by atoms with van der Waals surface area (Å²) in [6, 6.07) is 2.05. The Morgan fingerprint density at radius 3 is 2.77 bits per heavy atom. The van der Waals surface area contributed by atoms with E-state index in [0.717, 1.165) is 49.2 Å². The maximum absolute atomic E-state index is 12.7. The molecule has 5 heteroatoms. The lowest BCUT2D eigenvalue weighted by molar-refractivity contribution is -0.207. The number of amides is 1. The number of piperidine rings is 1. The molecular formula is C17H25NO3S. The molecule has 2 atom stereocenters. The monoisotopic (exact) mass is 323 g/mol. The highest BCUT2D eigenvalue weighted by Gasteiger charge is 2.56. The van der Waals surface area contributed by atoms with E-state index in [2.05, 4.69) is 6.92 Å². The number of ether oxygens (including phenoxy) is 1. The number of thiophene rings is 1. The molecule has 1 saturated heterocycles. The molecule has 122 valence electrons. The lowest BCUT2D eigenvalue weighted by Gasteiger charge is -2.56. The molecule has 3 rings (SSSR count). The van der Waals surface area contributed by atoms with Crippen molar-refractivity contribution in [2.24, 2.45) is 5.41 Å². The number of carbonyl (C=O) groups is 1. The first kappa shape index (κ1) is 16.0. The van der Waals surface area contributed by atoms with Crippen LogP contribution in [0.1, 0.15) is 48.3 Å². The van der Waals surface area contributed by atoms with Gasteiger partial charge in [0.25, 0.3) is 5.91 Å². The molecule has 0 bridgehead atoms. The fourth-order valence-electron chi connectivity index (χ4n) is 3.89. The Kier molecular flexibility index (Phi) is 4.57. The molecule has 1 aliphatic heterocycles. The number of likely N-dealkylation sites (tertiary alicyclic amines) is 1. The van der Waals surface area contributed by atoms with Crippen LogP contribution in [0.15, 0.2) is 11.4 Å². The van der Waals surface area contributed by atoms with Crippen molar-refractivity contribution >= 4 is 17.2 Å². The van der Waals surface area contributed by atoms with E-state index >= 15 is 0 Å². The van der Waals surface area contributed by atoms with Crippen molar-refractivity contribution in [3.05, 3.63) is 21.9 Å². The van der Waals surface area contributed by atoms with Gasteiger partial charge >= 0.3 is 0 Å². The van der Waals surface area contributed by atoms with Crippen LogP contribution >= 0.6 is 11.3 Å². The van der Waals surface area contributed by atoms with Crippen molar-refractivity contribution in [3.63, 3.8) is 0 Å². The minimum atomic E-state index is -0.269. The standard InChI is InChI=1S/C17H25NO3S/c1-3-12-5-10-22-15(12)16(20)18-8-6-17(7-9-18)13(19)11-14(17)21-4-2/h5,10,13-14,19H,3-4,6-9,11H2,1-2H3/t13-,14+/m1/s1. The molecule has 0 radical (unpaired) electrons. The third kappa shape index (κ3) is 2.49. The molecule has 22 heavy (non-hydrogen) atoms. The number of carbonyl (C=O) groups excluding carboxylic acids is 1. The first-order valence-corrected chi connectivity index (χ1v) is 9.15. The predicted octanol–water partition coefficient (Wildman–Crippen LogP) is 2.70. The molecule has 1 aromatic rings. The van der Waals surface area contributed by atoms with E-state index in [-0.39, 0.29) is 23.5 Å². The molecule has 2 heterocycles. The van der Waals surface area contributed by atoms with Gasteiger partial charge in [0.05, 0.1) is 17.1 Å². The first-order chi connectivity index (χ1) is 10.6. The topological polar surface area (TPSA) is 49.8 Å². The molecule has 1 aliphatic carbocycles. The Morgan fingerprint density at radius 1 is 1.45 bits per heavy atom. The maximum Gasteiger partial charge on any atom is 0.264 e. The van der Waals surface area contributed by atoms with Crippen LogP contribution in [0.25, 0.3) is 0 Å². The van der Waals surface area contributed by atoms with Gasteiger partial charge in [-0.2, -0.15) is 0 Å². The van der Waals surface area contributed by atoms with Gasteiger partial charge in [-0.25, -0.2) is 0 Å². The van der Waals surface area contributed by atoms with E-state index in [1.54, 1.807) is 0 Å². The average Bonchev–Trinajstić information content (AvgIpc) is 3.03. The third-order valence-electron chi connectivity index (χ3n) is 5.41. The van der Waals surface area contributed by atoms with Gasteiger partial charge in [-0.3, -0.25) is 4.79 Å². The van der Waals surface area contributed by atoms with E-state index in [0.29, 0.717) is 6.61 Å². The SMILES string of the molecule is CCO[C@H]1C[C@@H](O)C12CCN(C(=O)c1sccc1CC)CC2. The van der Waals surface area contributed by atoms with Crippen LogP contribution in [-0.4, -0.2) is 47.8 Å². The summed E-state index contributed by atoms with van der Waals surface area (Å²) in [4.78, 5) is 15.5. The fourth-order valence-corrected chi connectivity index (χ4v) is 4.85. The second-order valence-electron chi connectivity index (χ2n) is 6.35. The molecule has 0 unspecified atom stereocenters. The molecule has 1 N–H and O–H groups in total. The van der Waals surface area contributed by atoms with Gasteiger partial charge in [-0.1, -0.05) is 6.92 Å². The van der Waals surface area contributed by atoms with Crippen LogP contribution in [-0.2, 0) is 11.2 Å². The lowest BCUT2D eigenvalue weighted by Crippen LogP contribution is -2.62. The Hall–Kier alpha value is -0.910. The van der Waals surface area contributed by atoms with Crippen molar-refractivity contribution in [2.75, 3.05) is 19.7 Å². The predicted molar refractivity (Wildman–Crippen MR) is 87.3 cm³/mol. The van der Waals surface area contributed by atoms with Gasteiger partial charge in [0.2, 0.25) is 0 Å². The zero-order valence-electron chi connectivity index (χ0n) is 13.4. The second-order valence-corrected chi connectivity index (χ2v) is 7.27. The molecule has 1 amide bonds. The number of aryl methyl sites for hydroxylation is 1. The number of rotatable bonds is 4. The molecule has 4 nitrogen and oxygen atoms in total. The number of aliphatic hydroxyl groups excluding tert-OH is 1. The fraction of sp³-hybridized carbons (Fsp3) is 0.706. The van der Waals surface area contributed by atoms with E-state index in [4.69, 9.17) is 4.74 Å². The maximum atomic E-state index is 12.7. The van der Waals surface area contributed by atoms with Gasteiger partial charge in [-0.15, -0.1) is 11.3 Å². The van der Waals surface area contributed by atoms with Crippen LogP contribution in [0.3, 0.4) is 0 Å². The van der Waals surface area contributed by atoms with Crippen molar-refractivity contribution in [3.8, 4) is 0 Å². The lowest BCUT2D eigenvalue weighted by atomic mass is 9.58. The molecular weight excluding hydrogens is 298 g/mol. The summed E-state index contributed by atoms with van der Waals surface area (Å²) in [7, 11) is 0. The van der Waals surface area contributed by atoms with E-state index in [1.165, 1.54) is 11.3 Å². The van der Waals surface area contributed by atoms with Gasteiger partial charge in [-0.05, 0) is 43.2 Å². The molecule has 2 fully saturated rings. The number of hydrogen-bond donors (Lipinski definition) is 1. The molecule has 0 aromatic carbocycles. The Morgan fingerprint density at radius 2 is 2.18 bits per heavy atom. The second kappa shape index (κ2) is 6.30.